The number of nitrogens with zero attached hydrogens (tertiary/aromatic N) is 2. The Morgan fingerprint density at radius 2 is 1.69 bits per heavy atom. The van der Waals surface area contributed by atoms with Crippen LogP contribution in [0.5, 0.6) is 0 Å². The molecule has 0 saturated carbocycles. The first-order valence-electron chi connectivity index (χ1n) is 12.7. The van der Waals surface area contributed by atoms with Crippen molar-refractivity contribution >= 4 is 52.1 Å². The van der Waals surface area contributed by atoms with Crippen molar-refractivity contribution in [2.75, 3.05) is 43.1 Å². The number of nitrogens with one attached hydrogen (secondary N) is 2. The van der Waals surface area contributed by atoms with Crippen LogP contribution in [0.3, 0.4) is 0 Å². The summed E-state index contributed by atoms with van der Waals surface area (Å²) in [6, 6.07) is 20.6. The van der Waals surface area contributed by atoms with E-state index in [9.17, 15) is 14.0 Å². The summed E-state index contributed by atoms with van der Waals surface area (Å²) in [5.41, 5.74) is 1.71. The number of ether oxygens (including phenoxy) is 1. The van der Waals surface area contributed by atoms with Gasteiger partial charge in [0.1, 0.15) is 5.82 Å². The van der Waals surface area contributed by atoms with E-state index in [-0.39, 0.29) is 17.4 Å². The highest BCUT2D eigenvalue weighted by Crippen LogP contribution is 2.37. The van der Waals surface area contributed by atoms with E-state index in [0.29, 0.717) is 42.5 Å². The van der Waals surface area contributed by atoms with E-state index in [4.69, 9.17) is 28.6 Å². The zero-order valence-electron chi connectivity index (χ0n) is 21.2. The van der Waals surface area contributed by atoms with Gasteiger partial charge >= 0.3 is 0 Å². The van der Waals surface area contributed by atoms with E-state index in [1.54, 1.807) is 17.0 Å². The Balaban J connectivity index is 1.38. The molecule has 0 aromatic heterocycles. The maximum atomic E-state index is 13.8. The fraction of sp³-hybridized carbons (Fsp3) is 0.276. The van der Waals surface area contributed by atoms with Gasteiger partial charge in [0, 0.05) is 36.0 Å². The lowest BCUT2D eigenvalue weighted by molar-refractivity contribution is -0.131. The lowest BCUT2D eigenvalue weighted by Gasteiger charge is -2.36. The fourth-order valence-electron chi connectivity index (χ4n) is 5.05. The maximum Gasteiger partial charge on any atom is 0.257 e. The number of carbonyl (C=O) groups is 2. The summed E-state index contributed by atoms with van der Waals surface area (Å²) in [4.78, 5) is 30.9. The van der Waals surface area contributed by atoms with Gasteiger partial charge < -0.3 is 25.2 Å². The van der Waals surface area contributed by atoms with E-state index in [1.165, 1.54) is 24.3 Å². The smallest absolute Gasteiger partial charge is 0.257 e. The van der Waals surface area contributed by atoms with Crippen LogP contribution in [0.2, 0.25) is 5.02 Å². The molecule has 3 aromatic rings. The second kappa shape index (κ2) is 11.7. The molecule has 0 bridgehead atoms. The van der Waals surface area contributed by atoms with Crippen molar-refractivity contribution in [3.63, 3.8) is 0 Å². The van der Waals surface area contributed by atoms with Gasteiger partial charge in [-0.3, -0.25) is 9.59 Å². The van der Waals surface area contributed by atoms with Crippen molar-refractivity contribution in [3.05, 3.63) is 94.8 Å². The van der Waals surface area contributed by atoms with Crippen molar-refractivity contribution in [2.45, 2.75) is 18.4 Å². The second-order valence-corrected chi connectivity index (χ2v) is 10.3. The summed E-state index contributed by atoms with van der Waals surface area (Å²) >= 11 is 11.6. The van der Waals surface area contributed by atoms with Crippen LogP contribution in [0, 0.1) is 5.82 Å². The Morgan fingerprint density at radius 3 is 2.36 bits per heavy atom. The summed E-state index contributed by atoms with van der Waals surface area (Å²) in [5.74, 6) is -1.23. The van der Waals surface area contributed by atoms with Crippen LogP contribution in [-0.4, -0.2) is 54.7 Å². The minimum atomic E-state index is -1.44. The zero-order valence-corrected chi connectivity index (χ0v) is 22.7. The standard InChI is InChI=1S/C29H28ClFN4O3S/c30-22-5-1-20(2-6-22)13-14-35-28(39)33-27(37)29(35,21-3-7-23(31)8-4-21)19-26(36)32-24-9-11-25(12-10-24)34-15-17-38-18-16-34/h1-12H,13-19H2,(H,32,36)(H,33,37,39). The van der Waals surface area contributed by atoms with E-state index >= 15 is 0 Å². The van der Waals surface area contributed by atoms with Gasteiger partial charge in [-0.05, 0) is 78.3 Å². The predicted octanol–water partition coefficient (Wildman–Crippen LogP) is 4.50. The molecule has 0 radical (unpaired) electrons. The van der Waals surface area contributed by atoms with Crippen LogP contribution < -0.4 is 15.5 Å². The third-order valence-corrected chi connectivity index (χ3v) is 7.68. The molecule has 0 spiro atoms. The van der Waals surface area contributed by atoms with Crippen molar-refractivity contribution < 1.29 is 18.7 Å². The number of morpholine rings is 1. The lowest BCUT2D eigenvalue weighted by Crippen LogP contribution is -2.50. The monoisotopic (exact) mass is 566 g/mol. The molecule has 3 aromatic carbocycles. The predicted molar refractivity (Wildman–Crippen MR) is 153 cm³/mol. The van der Waals surface area contributed by atoms with Gasteiger partial charge in [-0.25, -0.2) is 4.39 Å². The number of amides is 2. The topological polar surface area (TPSA) is 73.9 Å². The molecular weight excluding hydrogens is 539 g/mol. The van der Waals surface area contributed by atoms with Gasteiger partial charge in [-0.15, -0.1) is 0 Å². The average Bonchev–Trinajstić information content (AvgIpc) is 3.18. The molecule has 2 amide bonds. The van der Waals surface area contributed by atoms with Gasteiger partial charge in [0.05, 0.1) is 19.6 Å². The molecule has 2 aliphatic heterocycles. The summed E-state index contributed by atoms with van der Waals surface area (Å²) in [5, 5.41) is 6.51. The Morgan fingerprint density at radius 1 is 1.03 bits per heavy atom. The number of hydrogen-bond acceptors (Lipinski definition) is 5. The van der Waals surface area contributed by atoms with Crippen molar-refractivity contribution in [1.29, 1.82) is 0 Å². The first kappa shape index (κ1) is 27.1. The summed E-state index contributed by atoms with van der Waals surface area (Å²) in [7, 11) is 0. The molecule has 39 heavy (non-hydrogen) atoms. The van der Waals surface area contributed by atoms with E-state index in [1.807, 2.05) is 36.4 Å². The normalized spacial score (nSPS) is 19.2. The maximum absolute atomic E-state index is 13.8. The van der Waals surface area contributed by atoms with Crippen LogP contribution in [0.4, 0.5) is 15.8 Å². The summed E-state index contributed by atoms with van der Waals surface area (Å²) in [6.45, 7) is 3.35. The Bertz CT molecular complexity index is 1350. The number of halogens is 2. The highest BCUT2D eigenvalue weighted by atomic mass is 35.5. The molecule has 5 rings (SSSR count). The minimum Gasteiger partial charge on any atom is -0.378 e. The molecule has 2 aliphatic rings. The van der Waals surface area contributed by atoms with Gasteiger partial charge in [0.15, 0.2) is 10.7 Å². The first-order chi connectivity index (χ1) is 18.8. The molecule has 2 N–H and O–H groups in total. The van der Waals surface area contributed by atoms with E-state index in [0.717, 1.165) is 24.3 Å². The number of anilines is 2. The molecule has 1 atom stereocenters. The average molecular weight is 567 g/mol. The molecule has 10 heteroatoms. The Labute approximate surface area is 236 Å². The number of rotatable bonds is 8. The molecule has 2 saturated heterocycles. The number of thiocarbonyl (C=S) groups is 1. The van der Waals surface area contributed by atoms with Crippen LogP contribution >= 0.6 is 23.8 Å². The molecule has 2 fully saturated rings. The molecular formula is C29H28ClFN4O3S. The lowest BCUT2D eigenvalue weighted by atomic mass is 9.84. The highest BCUT2D eigenvalue weighted by molar-refractivity contribution is 7.80. The largest absolute Gasteiger partial charge is 0.378 e. The molecule has 1 unspecified atom stereocenters. The SMILES string of the molecule is O=C(CC1(c2ccc(F)cc2)C(=O)NC(=S)N1CCc1ccc(Cl)cc1)Nc1ccc(N2CCOCC2)cc1. The van der Waals surface area contributed by atoms with Gasteiger partial charge in [0.25, 0.3) is 5.91 Å². The zero-order chi connectivity index (χ0) is 27.4. The molecule has 2 heterocycles. The molecule has 0 aliphatic carbocycles. The van der Waals surface area contributed by atoms with Crippen molar-refractivity contribution in [2.24, 2.45) is 0 Å². The number of carbonyl (C=O) groups excluding carboxylic acids is 2. The summed E-state index contributed by atoms with van der Waals surface area (Å²) in [6.07, 6.45) is 0.344. The summed E-state index contributed by atoms with van der Waals surface area (Å²) < 4.78 is 19.3. The Hall–Kier alpha value is -3.53. The Kier molecular flexibility index (Phi) is 8.11. The van der Waals surface area contributed by atoms with E-state index in [2.05, 4.69) is 15.5 Å². The number of benzene rings is 3. The third kappa shape index (κ3) is 5.90. The van der Waals surface area contributed by atoms with Crippen LogP contribution in [0.15, 0.2) is 72.8 Å². The second-order valence-electron chi connectivity index (χ2n) is 9.53. The van der Waals surface area contributed by atoms with Crippen LogP contribution in [0.25, 0.3) is 0 Å². The molecule has 7 nitrogen and oxygen atoms in total. The van der Waals surface area contributed by atoms with Crippen molar-refractivity contribution in [1.82, 2.24) is 10.2 Å². The van der Waals surface area contributed by atoms with Gasteiger partial charge in [-0.1, -0.05) is 35.9 Å². The van der Waals surface area contributed by atoms with Gasteiger partial charge in [-0.2, -0.15) is 0 Å². The fourth-order valence-corrected chi connectivity index (χ4v) is 5.52. The quantitative estimate of drug-likeness (QED) is 0.391. The van der Waals surface area contributed by atoms with Crippen LogP contribution in [-0.2, 0) is 26.3 Å². The van der Waals surface area contributed by atoms with Gasteiger partial charge in [0.2, 0.25) is 5.91 Å². The highest BCUT2D eigenvalue weighted by Gasteiger charge is 2.53. The molecule has 202 valence electrons. The first-order valence-corrected chi connectivity index (χ1v) is 13.5. The van der Waals surface area contributed by atoms with Crippen LogP contribution in [0.1, 0.15) is 17.5 Å². The van der Waals surface area contributed by atoms with E-state index < -0.39 is 17.3 Å². The number of hydrogen-bond donors (Lipinski definition) is 2. The third-order valence-electron chi connectivity index (χ3n) is 7.10. The van der Waals surface area contributed by atoms with Crippen molar-refractivity contribution in [3.8, 4) is 0 Å². The minimum absolute atomic E-state index is 0.212.